The molecule has 6 heteroatoms. The summed E-state index contributed by atoms with van der Waals surface area (Å²) in [6.07, 6.45) is 1.10. The molecule has 1 heterocycles. The van der Waals surface area contributed by atoms with Gasteiger partial charge < -0.3 is 20.6 Å². The first-order valence-corrected chi connectivity index (χ1v) is 11.2. The molecule has 1 aliphatic heterocycles. The molecular weight excluding hydrogens is 391 g/mol. The summed E-state index contributed by atoms with van der Waals surface area (Å²) >= 11 is 0. The Kier molecular flexibility index (Phi) is 7.91. The van der Waals surface area contributed by atoms with E-state index in [2.05, 4.69) is 53.7 Å². The Labute approximate surface area is 185 Å². The Hall–Kier alpha value is -2.60. The molecule has 2 aromatic rings. The zero-order valence-corrected chi connectivity index (χ0v) is 18.9. The average molecular weight is 427 g/mol. The van der Waals surface area contributed by atoms with Crippen LogP contribution < -0.4 is 15.5 Å². The molecule has 0 spiro atoms. The molecule has 1 saturated heterocycles. The minimum absolute atomic E-state index is 0.0484. The number of aliphatic hydroxyl groups is 1. The summed E-state index contributed by atoms with van der Waals surface area (Å²) in [4.78, 5) is 6.66. The number of hydrogen-bond donors (Lipinski definition) is 3. The van der Waals surface area contributed by atoms with E-state index in [0.29, 0.717) is 38.2 Å². The molecule has 1 aliphatic rings. The number of hydrogen-bond acceptors (Lipinski definition) is 3. The van der Waals surface area contributed by atoms with Crippen LogP contribution in [0.5, 0.6) is 0 Å². The quantitative estimate of drug-likeness (QED) is 0.465. The Morgan fingerprint density at radius 1 is 1.13 bits per heavy atom. The number of piperidine rings is 1. The normalized spacial score (nSPS) is 15.8. The second kappa shape index (κ2) is 10.6. The minimum atomic E-state index is -0.267. The van der Waals surface area contributed by atoms with Gasteiger partial charge in [0.1, 0.15) is 5.82 Å². The van der Waals surface area contributed by atoms with E-state index < -0.39 is 0 Å². The molecule has 3 N–H and O–H groups in total. The lowest BCUT2D eigenvalue weighted by atomic mass is 9.85. The van der Waals surface area contributed by atoms with Crippen LogP contribution in [0.1, 0.15) is 44.7 Å². The van der Waals surface area contributed by atoms with E-state index in [9.17, 15) is 9.50 Å². The van der Waals surface area contributed by atoms with Gasteiger partial charge in [-0.2, -0.15) is 0 Å². The molecule has 31 heavy (non-hydrogen) atoms. The second-order valence-electron chi connectivity index (χ2n) is 8.80. The molecule has 0 aliphatic carbocycles. The van der Waals surface area contributed by atoms with Crippen LogP contribution in [0.15, 0.2) is 53.5 Å². The Balaban J connectivity index is 1.62. The third-order valence-electron chi connectivity index (χ3n) is 5.83. The molecule has 1 fully saturated rings. The van der Waals surface area contributed by atoms with E-state index in [-0.39, 0.29) is 17.3 Å². The molecule has 0 amide bonds. The first kappa shape index (κ1) is 23.1. The molecule has 0 unspecified atom stereocenters. The molecule has 3 rings (SSSR count). The van der Waals surface area contributed by atoms with Gasteiger partial charge in [-0.25, -0.2) is 9.38 Å². The number of rotatable bonds is 7. The number of halogens is 1. The number of nitrogens with zero attached hydrogens (tertiary/aromatic N) is 2. The number of aliphatic hydroxyl groups excluding tert-OH is 1. The smallest absolute Gasteiger partial charge is 0.191 e. The first-order chi connectivity index (χ1) is 14.9. The van der Waals surface area contributed by atoms with E-state index in [4.69, 9.17) is 0 Å². The summed E-state index contributed by atoms with van der Waals surface area (Å²) in [6.45, 7) is 9.69. The number of guanidine groups is 1. The van der Waals surface area contributed by atoms with Crippen molar-refractivity contribution in [1.82, 2.24) is 10.6 Å². The van der Waals surface area contributed by atoms with Crippen LogP contribution >= 0.6 is 0 Å². The average Bonchev–Trinajstić information content (AvgIpc) is 2.77. The summed E-state index contributed by atoms with van der Waals surface area (Å²) in [7, 11) is 0. The molecule has 168 valence electrons. The van der Waals surface area contributed by atoms with E-state index >= 15 is 0 Å². The van der Waals surface area contributed by atoms with Crippen molar-refractivity contribution in [1.29, 1.82) is 0 Å². The van der Waals surface area contributed by atoms with Crippen molar-refractivity contribution in [2.45, 2.75) is 51.7 Å². The fourth-order valence-corrected chi connectivity index (χ4v) is 3.82. The molecule has 0 atom stereocenters. The van der Waals surface area contributed by atoms with Crippen molar-refractivity contribution in [2.24, 2.45) is 4.99 Å². The van der Waals surface area contributed by atoms with Gasteiger partial charge >= 0.3 is 0 Å². The van der Waals surface area contributed by atoms with Crippen LogP contribution in [-0.2, 0) is 12.0 Å². The van der Waals surface area contributed by atoms with Crippen LogP contribution in [0, 0.1) is 5.82 Å². The van der Waals surface area contributed by atoms with Gasteiger partial charge in [0.25, 0.3) is 0 Å². The standard InChI is InChI=1S/C25H35FN4O/c1-4-27-24(29-18-25(2,3)20-8-6-5-7-9-20)28-17-19-10-11-23(22(26)16-19)30-14-12-21(31)13-15-30/h5-11,16,21,31H,4,12-15,17-18H2,1-3H3,(H2,27,28,29). The zero-order valence-electron chi connectivity index (χ0n) is 18.9. The number of benzene rings is 2. The first-order valence-electron chi connectivity index (χ1n) is 11.2. The molecule has 5 nitrogen and oxygen atoms in total. The Morgan fingerprint density at radius 2 is 1.84 bits per heavy atom. The number of nitrogens with one attached hydrogen (secondary N) is 2. The highest BCUT2D eigenvalue weighted by atomic mass is 19.1. The van der Waals surface area contributed by atoms with E-state index in [1.165, 1.54) is 5.56 Å². The SMILES string of the molecule is CCNC(=NCc1ccc(N2CCC(O)CC2)c(F)c1)NCC(C)(C)c1ccccc1. The van der Waals surface area contributed by atoms with Gasteiger partial charge in [-0.15, -0.1) is 0 Å². The number of aliphatic imine (C=N–C) groups is 1. The van der Waals surface area contributed by atoms with Crippen LogP contribution in [0.3, 0.4) is 0 Å². The van der Waals surface area contributed by atoms with E-state index in [0.717, 1.165) is 24.6 Å². The predicted octanol–water partition coefficient (Wildman–Crippen LogP) is 3.82. The highest BCUT2D eigenvalue weighted by Crippen LogP contribution is 2.25. The van der Waals surface area contributed by atoms with E-state index in [1.807, 2.05) is 30.0 Å². The van der Waals surface area contributed by atoms with Gasteiger partial charge in [0.15, 0.2) is 5.96 Å². The summed E-state index contributed by atoms with van der Waals surface area (Å²) < 4.78 is 14.7. The maximum absolute atomic E-state index is 14.7. The van der Waals surface area contributed by atoms with Crippen molar-refractivity contribution >= 4 is 11.6 Å². The third kappa shape index (κ3) is 6.44. The topological polar surface area (TPSA) is 59.9 Å². The summed E-state index contributed by atoms with van der Waals surface area (Å²) in [6, 6.07) is 15.7. The highest BCUT2D eigenvalue weighted by Gasteiger charge is 2.21. The fraction of sp³-hybridized carbons (Fsp3) is 0.480. The number of anilines is 1. The van der Waals surface area contributed by atoms with Gasteiger partial charge in [0, 0.05) is 31.6 Å². The summed E-state index contributed by atoms with van der Waals surface area (Å²) in [5, 5.41) is 16.4. The zero-order chi connectivity index (χ0) is 22.3. The lowest BCUT2D eigenvalue weighted by Crippen LogP contribution is -2.43. The van der Waals surface area contributed by atoms with Gasteiger partial charge in [-0.05, 0) is 43.0 Å². The maximum atomic E-state index is 14.7. The van der Waals surface area contributed by atoms with Crippen molar-refractivity contribution in [2.75, 3.05) is 31.1 Å². The molecule has 0 aromatic heterocycles. The largest absolute Gasteiger partial charge is 0.393 e. The Morgan fingerprint density at radius 3 is 2.48 bits per heavy atom. The summed E-state index contributed by atoms with van der Waals surface area (Å²) in [5.41, 5.74) is 2.65. The van der Waals surface area contributed by atoms with Crippen molar-refractivity contribution in [3.63, 3.8) is 0 Å². The van der Waals surface area contributed by atoms with Crippen LogP contribution in [-0.4, -0.2) is 43.3 Å². The Bertz CT molecular complexity index is 861. The molecule has 0 radical (unpaired) electrons. The lowest BCUT2D eigenvalue weighted by molar-refractivity contribution is 0.145. The maximum Gasteiger partial charge on any atom is 0.191 e. The monoisotopic (exact) mass is 426 g/mol. The van der Waals surface area contributed by atoms with Gasteiger partial charge in [0.2, 0.25) is 0 Å². The fourth-order valence-electron chi connectivity index (χ4n) is 3.82. The lowest BCUT2D eigenvalue weighted by Gasteiger charge is -2.31. The van der Waals surface area contributed by atoms with Gasteiger partial charge in [0.05, 0.1) is 18.3 Å². The van der Waals surface area contributed by atoms with E-state index in [1.54, 1.807) is 6.07 Å². The molecule has 0 saturated carbocycles. The van der Waals surface area contributed by atoms with Crippen molar-refractivity contribution < 1.29 is 9.50 Å². The van der Waals surface area contributed by atoms with Crippen molar-refractivity contribution in [3.05, 3.63) is 65.5 Å². The molecular formula is C25H35FN4O. The summed E-state index contributed by atoms with van der Waals surface area (Å²) in [5.74, 6) is 0.494. The van der Waals surface area contributed by atoms with Gasteiger partial charge in [-0.1, -0.05) is 50.2 Å². The second-order valence-corrected chi connectivity index (χ2v) is 8.80. The van der Waals surface area contributed by atoms with Crippen LogP contribution in [0.4, 0.5) is 10.1 Å². The van der Waals surface area contributed by atoms with Crippen molar-refractivity contribution in [3.8, 4) is 0 Å². The van der Waals surface area contributed by atoms with Crippen LogP contribution in [0.2, 0.25) is 0 Å². The highest BCUT2D eigenvalue weighted by molar-refractivity contribution is 5.79. The molecule has 0 bridgehead atoms. The van der Waals surface area contributed by atoms with Crippen LogP contribution in [0.25, 0.3) is 0 Å². The minimum Gasteiger partial charge on any atom is -0.393 e. The predicted molar refractivity (Wildman–Crippen MR) is 126 cm³/mol. The molecule has 2 aromatic carbocycles. The third-order valence-corrected chi connectivity index (χ3v) is 5.83. The van der Waals surface area contributed by atoms with Gasteiger partial charge in [-0.3, -0.25) is 0 Å².